The van der Waals surface area contributed by atoms with Gasteiger partial charge in [-0.05, 0) is 12.6 Å². The largest absolute Gasteiger partial charge is 0.481 e. The molecule has 0 fully saturated rings. The van der Waals surface area contributed by atoms with Gasteiger partial charge in [0.1, 0.15) is 0 Å². The number of carbonyl (C=O) groups is 1. The van der Waals surface area contributed by atoms with Crippen molar-refractivity contribution in [2.45, 2.75) is 19.9 Å². The monoisotopic (exact) mass is 286 g/mol. The zero-order chi connectivity index (χ0) is 14.4. The highest BCUT2D eigenvalue weighted by Gasteiger charge is 2.19. The molecule has 104 valence electrons. The molecule has 19 heavy (non-hydrogen) atoms. The molecule has 0 aliphatic heterocycles. The van der Waals surface area contributed by atoms with Crippen LogP contribution in [-0.2, 0) is 11.3 Å². The van der Waals surface area contributed by atoms with Gasteiger partial charge in [0.15, 0.2) is 0 Å². The second kappa shape index (κ2) is 7.06. The normalized spacial score (nSPS) is 10.7. The highest BCUT2D eigenvalue weighted by atomic mass is 35.5. The maximum atomic E-state index is 10.9. The molecule has 0 unspecified atom stereocenters. The van der Waals surface area contributed by atoms with Gasteiger partial charge in [-0.3, -0.25) is 19.8 Å². The smallest absolute Gasteiger partial charge is 0.304 e. The van der Waals surface area contributed by atoms with Crippen LogP contribution in [0.5, 0.6) is 0 Å². The second-order valence-corrected chi connectivity index (χ2v) is 4.41. The van der Waals surface area contributed by atoms with Gasteiger partial charge < -0.3 is 5.11 Å². The van der Waals surface area contributed by atoms with Crippen molar-refractivity contribution in [3.8, 4) is 0 Å². The summed E-state index contributed by atoms with van der Waals surface area (Å²) in [4.78, 5) is 22.8. The predicted molar refractivity (Wildman–Crippen MR) is 71.3 cm³/mol. The summed E-state index contributed by atoms with van der Waals surface area (Å²) in [7, 11) is 0. The maximum Gasteiger partial charge on any atom is 0.304 e. The van der Waals surface area contributed by atoms with Crippen molar-refractivity contribution < 1.29 is 14.8 Å². The number of aliphatic carboxylic acids is 1. The van der Waals surface area contributed by atoms with E-state index in [2.05, 4.69) is 0 Å². The van der Waals surface area contributed by atoms with Crippen LogP contribution in [0, 0.1) is 10.1 Å². The minimum absolute atomic E-state index is 0.00785. The molecule has 1 N–H and O–H groups in total. The third-order valence-corrected chi connectivity index (χ3v) is 3.12. The summed E-state index contributed by atoms with van der Waals surface area (Å²) in [6.45, 7) is 3.05. The fourth-order valence-electron chi connectivity index (χ4n) is 1.70. The number of carboxylic acids is 1. The highest BCUT2D eigenvalue weighted by Crippen LogP contribution is 2.27. The van der Waals surface area contributed by atoms with E-state index in [1.165, 1.54) is 12.1 Å². The third kappa shape index (κ3) is 4.50. The first-order chi connectivity index (χ1) is 8.95. The molecule has 1 rings (SSSR count). The van der Waals surface area contributed by atoms with Crippen LogP contribution < -0.4 is 0 Å². The Labute approximate surface area is 115 Å². The first-order valence-corrected chi connectivity index (χ1v) is 6.19. The fourth-order valence-corrected chi connectivity index (χ4v) is 1.93. The number of nitro benzene ring substituents is 1. The minimum atomic E-state index is -0.896. The van der Waals surface area contributed by atoms with E-state index in [9.17, 15) is 14.9 Å². The highest BCUT2D eigenvalue weighted by molar-refractivity contribution is 6.31. The van der Waals surface area contributed by atoms with Gasteiger partial charge >= 0.3 is 5.97 Å². The summed E-state index contributed by atoms with van der Waals surface area (Å²) in [5.41, 5.74) is 0.377. The molecule has 0 bridgehead atoms. The molecule has 0 aliphatic rings. The SMILES string of the molecule is CCN(CCC(=O)O)Cc1c(Cl)cccc1[N+](=O)[O-]. The Hall–Kier alpha value is -1.66. The Bertz CT molecular complexity index is 479. The van der Waals surface area contributed by atoms with E-state index < -0.39 is 10.9 Å². The minimum Gasteiger partial charge on any atom is -0.481 e. The molecule has 0 heterocycles. The maximum absolute atomic E-state index is 10.9. The van der Waals surface area contributed by atoms with E-state index in [1.54, 1.807) is 6.07 Å². The van der Waals surface area contributed by atoms with Gasteiger partial charge in [-0.25, -0.2) is 0 Å². The molecule has 1 aromatic carbocycles. The molecule has 0 spiro atoms. The standard InChI is InChI=1S/C12H15ClN2O4/c1-2-14(7-6-12(16)17)8-9-10(13)4-3-5-11(9)15(18)19/h3-5H,2,6-8H2,1H3,(H,16,17). The number of carboxylic acid groups (broad SMARTS) is 1. The van der Waals surface area contributed by atoms with Crippen molar-refractivity contribution in [2.75, 3.05) is 13.1 Å². The molecular formula is C12H15ClN2O4. The molecular weight excluding hydrogens is 272 g/mol. The first-order valence-electron chi connectivity index (χ1n) is 5.81. The van der Waals surface area contributed by atoms with Gasteiger partial charge in [-0.15, -0.1) is 0 Å². The lowest BCUT2D eigenvalue weighted by Crippen LogP contribution is -2.26. The quantitative estimate of drug-likeness (QED) is 0.615. The molecule has 0 saturated carbocycles. The molecule has 0 saturated heterocycles. The lowest BCUT2D eigenvalue weighted by atomic mass is 10.1. The summed E-state index contributed by atoms with van der Waals surface area (Å²) >= 11 is 5.99. The van der Waals surface area contributed by atoms with E-state index in [1.807, 2.05) is 11.8 Å². The van der Waals surface area contributed by atoms with Crippen molar-refractivity contribution in [1.82, 2.24) is 4.90 Å². The molecule has 0 amide bonds. The Morgan fingerprint density at radius 3 is 2.74 bits per heavy atom. The topological polar surface area (TPSA) is 83.7 Å². The number of hydrogen-bond donors (Lipinski definition) is 1. The number of nitro groups is 1. The fraction of sp³-hybridized carbons (Fsp3) is 0.417. The van der Waals surface area contributed by atoms with E-state index in [0.717, 1.165) is 0 Å². The van der Waals surface area contributed by atoms with Gasteiger partial charge in [0.2, 0.25) is 0 Å². The molecule has 7 heteroatoms. The summed E-state index contributed by atoms with van der Waals surface area (Å²) in [5, 5.41) is 19.9. The summed E-state index contributed by atoms with van der Waals surface area (Å²) in [5.74, 6) is -0.896. The Morgan fingerprint density at radius 1 is 1.53 bits per heavy atom. The van der Waals surface area contributed by atoms with E-state index in [4.69, 9.17) is 16.7 Å². The zero-order valence-corrected chi connectivity index (χ0v) is 11.3. The average Bonchev–Trinajstić information content (AvgIpc) is 2.35. The number of benzene rings is 1. The van der Waals surface area contributed by atoms with Crippen LogP contribution in [0.15, 0.2) is 18.2 Å². The number of nitrogens with zero attached hydrogens (tertiary/aromatic N) is 2. The third-order valence-electron chi connectivity index (χ3n) is 2.76. The van der Waals surface area contributed by atoms with Gasteiger partial charge in [0.25, 0.3) is 5.69 Å². The van der Waals surface area contributed by atoms with Crippen molar-refractivity contribution in [2.24, 2.45) is 0 Å². The molecule has 1 aromatic rings. The zero-order valence-electron chi connectivity index (χ0n) is 10.5. The van der Waals surface area contributed by atoms with Crippen LogP contribution in [0.4, 0.5) is 5.69 Å². The first kappa shape index (κ1) is 15.4. The summed E-state index contributed by atoms with van der Waals surface area (Å²) in [6, 6.07) is 4.51. The molecule has 0 aliphatic carbocycles. The van der Waals surface area contributed by atoms with E-state index in [0.29, 0.717) is 23.7 Å². The van der Waals surface area contributed by atoms with Crippen molar-refractivity contribution in [1.29, 1.82) is 0 Å². The van der Waals surface area contributed by atoms with Crippen molar-refractivity contribution in [3.63, 3.8) is 0 Å². The van der Waals surface area contributed by atoms with Gasteiger partial charge in [-0.2, -0.15) is 0 Å². The predicted octanol–water partition coefficient (Wildman–Crippen LogP) is 2.54. The van der Waals surface area contributed by atoms with Gasteiger partial charge in [-0.1, -0.05) is 24.6 Å². The van der Waals surface area contributed by atoms with Crippen LogP contribution in [0.3, 0.4) is 0 Å². The molecule has 0 radical (unpaired) electrons. The van der Waals surface area contributed by atoms with E-state index >= 15 is 0 Å². The second-order valence-electron chi connectivity index (χ2n) is 4.01. The van der Waals surface area contributed by atoms with Crippen LogP contribution in [0.2, 0.25) is 5.02 Å². The van der Waals surface area contributed by atoms with Crippen LogP contribution in [0.25, 0.3) is 0 Å². The number of rotatable bonds is 7. The average molecular weight is 287 g/mol. The molecule has 0 aromatic heterocycles. The Kier molecular flexibility index (Phi) is 5.72. The number of hydrogen-bond acceptors (Lipinski definition) is 4. The molecule has 6 nitrogen and oxygen atoms in total. The van der Waals surface area contributed by atoms with Crippen molar-refractivity contribution >= 4 is 23.3 Å². The van der Waals surface area contributed by atoms with Gasteiger partial charge in [0.05, 0.1) is 21.9 Å². The van der Waals surface area contributed by atoms with Crippen LogP contribution in [0.1, 0.15) is 18.9 Å². The summed E-state index contributed by atoms with van der Waals surface area (Å²) in [6.07, 6.45) is -0.00785. The van der Waals surface area contributed by atoms with Gasteiger partial charge in [0, 0.05) is 19.2 Å². The van der Waals surface area contributed by atoms with Crippen LogP contribution in [-0.4, -0.2) is 34.0 Å². The Morgan fingerprint density at radius 2 is 2.21 bits per heavy atom. The van der Waals surface area contributed by atoms with Crippen molar-refractivity contribution in [3.05, 3.63) is 38.9 Å². The van der Waals surface area contributed by atoms with Crippen LogP contribution >= 0.6 is 11.6 Å². The Balaban J connectivity index is 2.90. The lowest BCUT2D eigenvalue weighted by Gasteiger charge is -2.19. The number of halogens is 1. The summed E-state index contributed by atoms with van der Waals surface area (Å²) < 4.78 is 0. The molecule has 0 atom stereocenters. The van der Waals surface area contributed by atoms with E-state index in [-0.39, 0.29) is 18.7 Å². The lowest BCUT2D eigenvalue weighted by molar-refractivity contribution is -0.385.